The normalized spacial score (nSPS) is 16.8. The lowest BCUT2D eigenvalue weighted by molar-refractivity contribution is 0.416. The molecule has 0 amide bonds. The second-order valence-corrected chi connectivity index (χ2v) is 5.40. The van der Waals surface area contributed by atoms with E-state index in [0.717, 1.165) is 24.3 Å². The third-order valence-corrected chi connectivity index (χ3v) is 3.93. The van der Waals surface area contributed by atoms with Crippen LogP contribution in [0.25, 0.3) is 0 Å². The number of aryl methyl sites for hydroxylation is 1. The van der Waals surface area contributed by atoms with E-state index in [1.807, 2.05) is 30.3 Å². The first-order chi connectivity index (χ1) is 9.67. The highest BCUT2D eigenvalue weighted by Crippen LogP contribution is 2.38. The lowest BCUT2D eigenvalue weighted by Gasteiger charge is -2.18. The standard InChI is InChI=1S/C16H16ClNO2/c1-20-16-7-3-11(17)9-15(16)18-14-6-2-10-8-12(19)4-5-13(10)14/h3-5,7-9,14,18-19H,2,6H2,1H3. The molecule has 2 aromatic carbocycles. The second-order valence-electron chi connectivity index (χ2n) is 4.96. The van der Waals surface area contributed by atoms with E-state index in [1.54, 1.807) is 13.2 Å². The van der Waals surface area contributed by atoms with Gasteiger partial charge >= 0.3 is 0 Å². The van der Waals surface area contributed by atoms with E-state index in [0.29, 0.717) is 10.8 Å². The van der Waals surface area contributed by atoms with Crippen molar-refractivity contribution in [3.8, 4) is 11.5 Å². The molecule has 0 fully saturated rings. The Hall–Kier alpha value is -1.87. The van der Waals surface area contributed by atoms with E-state index in [-0.39, 0.29) is 6.04 Å². The third-order valence-electron chi connectivity index (χ3n) is 3.70. The average Bonchev–Trinajstić information content (AvgIpc) is 2.81. The van der Waals surface area contributed by atoms with Gasteiger partial charge in [0.15, 0.2) is 0 Å². The van der Waals surface area contributed by atoms with Crippen LogP contribution in [0.4, 0.5) is 5.69 Å². The summed E-state index contributed by atoms with van der Waals surface area (Å²) in [5, 5.41) is 13.7. The van der Waals surface area contributed by atoms with Crippen molar-refractivity contribution in [1.29, 1.82) is 0 Å². The Balaban J connectivity index is 1.89. The van der Waals surface area contributed by atoms with Gasteiger partial charge in [-0.2, -0.15) is 0 Å². The van der Waals surface area contributed by atoms with E-state index >= 15 is 0 Å². The highest BCUT2D eigenvalue weighted by atomic mass is 35.5. The minimum atomic E-state index is 0.220. The number of rotatable bonds is 3. The zero-order valence-electron chi connectivity index (χ0n) is 11.2. The van der Waals surface area contributed by atoms with Gasteiger partial charge in [0, 0.05) is 5.02 Å². The fourth-order valence-electron chi connectivity index (χ4n) is 2.73. The number of ether oxygens (including phenoxy) is 1. The molecule has 2 N–H and O–H groups in total. The molecular weight excluding hydrogens is 274 g/mol. The van der Waals surface area contributed by atoms with E-state index < -0.39 is 0 Å². The van der Waals surface area contributed by atoms with Crippen molar-refractivity contribution in [1.82, 2.24) is 0 Å². The van der Waals surface area contributed by atoms with Gasteiger partial charge in [0.25, 0.3) is 0 Å². The molecule has 2 aromatic rings. The number of aromatic hydroxyl groups is 1. The Morgan fingerprint density at radius 3 is 2.90 bits per heavy atom. The number of anilines is 1. The smallest absolute Gasteiger partial charge is 0.142 e. The van der Waals surface area contributed by atoms with Crippen molar-refractivity contribution < 1.29 is 9.84 Å². The molecule has 0 saturated carbocycles. The van der Waals surface area contributed by atoms with E-state index in [9.17, 15) is 5.11 Å². The molecule has 0 bridgehead atoms. The van der Waals surface area contributed by atoms with Crippen LogP contribution in [0.15, 0.2) is 36.4 Å². The summed E-state index contributed by atoms with van der Waals surface area (Å²) in [6.45, 7) is 0. The average molecular weight is 290 g/mol. The van der Waals surface area contributed by atoms with Crippen LogP contribution in [0, 0.1) is 0 Å². The van der Waals surface area contributed by atoms with E-state index in [1.165, 1.54) is 11.1 Å². The summed E-state index contributed by atoms with van der Waals surface area (Å²) in [4.78, 5) is 0. The van der Waals surface area contributed by atoms with Gasteiger partial charge in [-0.15, -0.1) is 0 Å². The van der Waals surface area contributed by atoms with Gasteiger partial charge in [0.05, 0.1) is 18.8 Å². The maximum atomic E-state index is 9.53. The first-order valence-electron chi connectivity index (χ1n) is 6.59. The van der Waals surface area contributed by atoms with Crippen LogP contribution in [-0.2, 0) is 6.42 Å². The van der Waals surface area contributed by atoms with Crippen LogP contribution < -0.4 is 10.1 Å². The molecule has 104 valence electrons. The molecule has 0 aliphatic heterocycles. The number of nitrogens with one attached hydrogen (secondary N) is 1. The molecule has 1 unspecified atom stereocenters. The molecule has 4 heteroatoms. The van der Waals surface area contributed by atoms with Crippen molar-refractivity contribution in [2.45, 2.75) is 18.9 Å². The van der Waals surface area contributed by atoms with Crippen molar-refractivity contribution in [3.63, 3.8) is 0 Å². The molecule has 20 heavy (non-hydrogen) atoms. The molecule has 3 nitrogen and oxygen atoms in total. The number of hydrogen-bond acceptors (Lipinski definition) is 3. The number of methoxy groups -OCH3 is 1. The number of halogens is 1. The number of hydrogen-bond donors (Lipinski definition) is 2. The van der Waals surface area contributed by atoms with Gasteiger partial charge in [-0.3, -0.25) is 0 Å². The quantitative estimate of drug-likeness (QED) is 0.892. The Morgan fingerprint density at radius 1 is 1.25 bits per heavy atom. The van der Waals surface area contributed by atoms with Crippen molar-refractivity contribution in [2.24, 2.45) is 0 Å². The molecule has 0 spiro atoms. The SMILES string of the molecule is COc1ccc(Cl)cc1NC1CCc2cc(O)ccc21. The Morgan fingerprint density at radius 2 is 2.10 bits per heavy atom. The van der Waals surface area contributed by atoms with Crippen LogP contribution in [0.3, 0.4) is 0 Å². The predicted octanol–water partition coefficient (Wildman–Crippen LogP) is 4.15. The van der Waals surface area contributed by atoms with Gasteiger partial charge in [0.2, 0.25) is 0 Å². The molecule has 3 rings (SSSR count). The first kappa shape index (κ1) is 13.1. The first-order valence-corrected chi connectivity index (χ1v) is 6.97. The molecular formula is C16H16ClNO2. The largest absolute Gasteiger partial charge is 0.508 e. The summed E-state index contributed by atoms with van der Waals surface area (Å²) in [6, 6.07) is 11.3. The third kappa shape index (κ3) is 2.41. The number of phenols is 1. The number of benzene rings is 2. The summed E-state index contributed by atoms with van der Waals surface area (Å²) in [5.74, 6) is 1.10. The Labute approximate surface area is 123 Å². The maximum Gasteiger partial charge on any atom is 0.142 e. The highest BCUT2D eigenvalue weighted by molar-refractivity contribution is 6.30. The zero-order chi connectivity index (χ0) is 14.1. The van der Waals surface area contributed by atoms with Crippen LogP contribution in [0.2, 0.25) is 5.02 Å². The Bertz CT molecular complexity index is 642. The van der Waals surface area contributed by atoms with Gasteiger partial charge in [-0.25, -0.2) is 0 Å². The number of fused-ring (bicyclic) bond motifs is 1. The molecule has 0 radical (unpaired) electrons. The van der Waals surface area contributed by atoms with Crippen molar-refractivity contribution in [3.05, 3.63) is 52.5 Å². The number of phenolic OH excluding ortho intramolecular Hbond substituents is 1. The molecule has 1 aliphatic rings. The second kappa shape index (κ2) is 5.25. The van der Waals surface area contributed by atoms with Crippen LogP contribution in [-0.4, -0.2) is 12.2 Å². The monoisotopic (exact) mass is 289 g/mol. The fraction of sp³-hybridized carbons (Fsp3) is 0.250. The highest BCUT2D eigenvalue weighted by Gasteiger charge is 2.23. The van der Waals surface area contributed by atoms with E-state index in [2.05, 4.69) is 5.32 Å². The van der Waals surface area contributed by atoms with Crippen LogP contribution >= 0.6 is 11.6 Å². The summed E-state index contributed by atoms with van der Waals surface area (Å²) in [7, 11) is 1.65. The molecule has 0 saturated heterocycles. The minimum Gasteiger partial charge on any atom is -0.508 e. The Kier molecular flexibility index (Phi) is 3.45. The fourth-order valence-corrected chi connectivity index (χ4v) is 2.91. The lowest BCUT2D eigenvalue weighted by atomic mass is 10.1. The van der Waals surface area contributed by atoms with Crippen molar-refractivity contribution in [2.75, 3.05) is 12.4 Å². The van der Waals surface area contributed by atoms with Crippen LogP contribution in [0.5, 0.6) is 11.5 Å². The van der Waals surface area contributed by atoms with E-state index in [4.69, 9.17) is 16.3 Å². The molecule has 0 aromatic heterocycles. The maximum absolute atomic E-state index is 9.53. The summed E-state index contributed by atoms with van der Waals surface area (Å²) < 4.78 is 5.36. The summed E-state index contributed by atoms with van der Waals surface area (Å²) >= 11 is 6.05. The topological polar surface area (TPSA) is 41.5 Å². The summed E-state index contributed by atoms with van der Waals surface area (Å²) in [5.41, 5.74) is 3.32. The minimum absolute atomic E-state index is 0.220. The summed E-state index contributed by atoms with van der Waals surface area (Å²) in [6.07, 6.45) is 1.96. The molecule has 0 heterocycles. The van der Waals surface area contributed by atoms with Gasteiger partial charge in [-0.05, 0) is 54.3 Å². The van der Waals surface area contributed by atoms with Crippen molar-refractivity contribution >= 4 is 17.3 Å². The molecule has 1 aliphatic carbocycles. The van der Waals surface area contributed by atoms with Crippen LogP contribution in [0.1, 0.15) is 23.6 Å². The zero-order valence-corrected chi connectivity index (χ0v) is 11.9. The van der Waals surface area contributed by atoms with Gasteiger partial charge in [-0.1, -0.05) is 17.7 Å². The lowest BCUT2D eigenvalue weighted by Crippen LogP contribution is -2.08. The van der Waals surface area contributed by atoms with Gasteiger partial charge in [0.1, 0.15) is 11.5 Å². The van der Waals surface area contributed by atoms with Gasteiger partial charge < -0.3 is 15.2 Å². The molecule has 1 atom stereocenters. The predicted molar refractivity (Wildman–Crippen MR) is 80.8 cm³/mol.